The molecule has 0 aliphatic heterocycles. The maximum Gasteiger partial charge on any atom is 0.384 e. The first-order valence-corrected chi connectivity index (χ1v) is 4.17. The topological polar surface area (TPSA) is 26.3 Å². The SMILES string of the molecule is COC(=O)C#Cc1c(Cl)ccc(F)c1F. The third kappa shape index (κ3) is 2.67. The quantitative estimate of drug-likeness (QED) is 0.388. The molecule has 0 atom stereocenters. The van der Waals surface area contributed by atoms with Crippen LogP contribution in [0.3, 0.4) is 0 Å². The highest BCUT2D eigenvalue weighted by Crippen LogP contribution is 2.20. The summed E-state index contributed by atoms with van der Waals surface area (Å²) in [6, 6.07) is 2.03. The van der Waals surface area contributed by atoms with Gasteiger partial charge in [-0.1, -0.05) is 17.5 Å². The van der Waals surface area contributed by atoms with Crippen molar-refractivity contribution >= 4 is 17.6 Å². The number of hydrogen-bond acceptors (Lipinski definition) is 2. The van der Waals surface area contributed by atoms with E-state index in [0.717, 1.165) is 19.2 Å². The average molecular weight is 231 g/mol. The second-order valence-corrected chi connectivity index (χ2v) is 2.87. The Kier molecular flexibility index (Phi) is 3.64. The molecular formula is C10H5ClF2O2. The van der Waals surface area contributed by atoms with Gasteiger partial charge in [0.1, 0.15) is 0 Å². The average Bonchev–Trinajstić information content (AvgIpc) is 2.23. The van der Waals surface area contributed by atoms with Crippen molar-refractivity contribution in [1.82, 2.24) is 0 Å². The van der Waals surface area contributed by atoms with Crippen LogP contribution in [0.25, 0.3) is 0 Å². The predicted octanol–water partition coefficient (Wildman–Crippen LogP) is 2.14. The molecule has 0 aromatic heterocycles. The van der Waals surface area contributed by atoms with Gasteiger partial charge in [-0.3, -0.25) is 0 Å². The van der Waals surface area contributed by atoms with Gasteiger partial charge in [-0.25, -0.2) is 13.6 Å². The molecule has 0 saturated heterocycles. The van der Waals surface area contributed by atoms with E-state index >= 15 is 0 Å². The monoisotopic (exact) mass is 230 g/mol. The van der Waals surface area contributed by atoms with E-state index < -0.39 is 17.6 Å². The van der Waals surface area contributed by atoms with Crippen molar-refractivity contribution in [2.24, 2.45) is 0 Å². The third-order valence-electron chi connectivity index (χ3n) is 1.52. The van der Waals surface area contributed by atoms with Gasteiger partial charge in [-0.2, -0.15) is 0 Å². The van der Waals surface area contributed by atoms with Gasteiger partial charge in [-0.05, 0) is 12.1 Å². The fraction of sp³-hybridized carbons (Fsp3) is 0.100. The fourth-order valence-corrected chi connectivity index (χ4v) is 0.999. The van der Waals surface area contributed by atoms with E-state index in [1.807, 2.05) is 5.92 Å². The van der Waals surface area contributed by atoms with Gasteiger partial charge in [0.2, 0.25) is 0 Å². The first kappa shape index (κ1) is 11.5. The Morgan fingerprint density at radius 3 is 2.73 bits per heavy atom. The van der Waals surface area contributed by atoms with Crippen LogP contribution in [0.1, 0.15) is 5.56 Å². The molecule has 0 fully saturated rings. The van der Waals surface area contributed by atoms with E-state index in [1.165, 1.54) is 0 Å². The summed E-state index contributed by atoms with van der Waals surface area (Å²) in [5.74, 6) is 0.947. The van der Waals surface area contributed by atoms with E-state index in [2.05, 4.69) is 10.7 Å². The number of benzene rings is 1. The molecule has 2 nitrogen and oxygen atoms in total. The predicted molar refractivity (Wildman–Crippen MR) is 50.3 cm³/mol. The van der Waals surface area contributed by atoms with E-state index in [0.29, 0.717) is 0 Å². The summed E-state index contributed by atoms with van der Waals surface area (Å²) in [7, 11) is 1.13. The molecule has 78 valence electrons. The molecule has 0 aliphatic carbocycles. The van der Waals surface area contributed by atoms with Crippen molar-refractivity contribution in [2.75, 3.05) is 7.11 Å². The Morgan fingerprint density at radius 1 is 1.47 bits per heavy atom. The molecule has 0 amide bonds. The van der Waals surface area contributed by atoms with Crippen molar-refractivity contribution in [3.8, 4) is 11.8 Å². The lowest BCUT2D eigenvalue weighted by molar-refractivity contribution is -0.133. The maximum absolute atomic E-state index is 13.1. The highest BCUT2D eigenvalue weighted by Gasteiger charge is 2.10. The molecule has 0 aliphatic rings. The Morgan fingerprint density at radius 2 is 2.13 bits per heavy atom. The normalized spacial score (nSPS) is 9.07. The van der Waals surface area contributed by atoms with E-state index in [-0.39, 0.29) is 10.6 Å². The van der Waals surface area contributed by atoms with Crippen molar-refractivity contribution in [3.63, 3.8) is 0 Å². The lowest BCUT2D eigenvalue weighted by Gasteiger charge is -1.98. The molecule has 0 N–H and O–H groups in total. The maximum atomic E-state index is 13.1. The summed E-state index contributed by atoms with van der Waals surface area (Å²) in [4.78, 5) is 10.6. The molecule has 0 heterocycles. The molecule has 0 unspecified atom stereocenters. The molecule has 0 saturated carbocycles. The number of halogens is 3. The van der Waals surface area contributed by atoms with Crippen LogP contribution >= 0.6 is 11.6 Å². The van der Waals surface area contributed by atoms with Crippen LogP contribution in [-0.4, -0.2) is 13.1 Å². The smallest absolute Gasteiger partial charge is 0.384 e. The lowest BCUT2D eigenvalue weighted by Crippen LogP contribution is -1.96. The minimum absolute atomic E-state index is 0.0645. The van der Waals surface area contributed by atoms with Gasteiger partial charge >= 0.3 is 5.97 Å². The minimum atomic E-state index is -1.18. The van der Waals surface area contributed by atoms with Gasteiger partial charge in [0.25, 0.3) is 0 Å². The van der Waals surface area contributed by atoms with Crippen molar-refractivity contribution in [1.29, 1.82) is 0 Å². The van der Waals surface area contributed by atoms with Crippen LogP contribution in [0.5, 0.6) is 0 Å². The minimum Gasteiger partial charge on any atom is -0.459 e. The van der Waals surface area contributed by atoms with Gasteiger partial charge in [0.15, 0.2) is 11.6 Å². The van der Waals surface area contributed by atoms with Crippen LogP contribution < -0.4 is 0 Å². The van der Waals surface area contributed by atoms with Gasteiger partial charge in [0, 0.05) is 5.92 Å². The van der Waals surface area contributed by atoms with Gasteiger partial charge < -0.3 is 4.74 Å². The van der Waals surface area contributed by atoms with Crippen LogP contribution in [-0.2, 0) is 9.53 Å². The molecule has 0 spiro atoms. The van der Waals surface area contributed by atoms with Crippen LogP contribution in [0.4, 0.5) is 8.78 Å². The van der Waals surface area contributed by atoms with E-state index in [9.17, 15) is 13.6 Å². The summed E-state index contributed by atoms with van der Waals surface area (Å²) >= 11 is 5.57. The summed E-state index contributed by atoms with van der Waals surface area (Å²) < 4.78 is 30.1. The second-order valence-electron chi connectivity index (χ2n) is 2.46. The molecule has 15 heavy (non-hydrogen) atoms. The first-order chi connectivity index (χ1) is 7.06. The Hall–Kier alpha value is -1.60. The number of methoxy groups -OCH3 is 1. The number of rotatable bonds is 0. The molecule has 5 heteroatoms. The fourth-order valence-electron chi connectivity index (χ4n) is 0.806. The zero-order valence-corrected chi connectivity index (χ0v) is 8.36. The Balaban J connectivity index is 3.18. The Bertz CT molecular complexity index is 460. The van der Waals surface area contributed by atoms with Crippen LogP contribution in [0.15, 0.2) is 12.1 Å². The molecule has 0 bridgehead atoms. The van der Waals surface area contributed by atoms with E-state index in [4.69, 9.17) is 11.6 Å². The molecule has 1 rings (SSSR count). The highest BCUT2D eigenvalue weighted by atomic mass is 35.5. The summed E-state index contributed by atoms with van der Waals surface area (Å²) in [5.41, 5.74) is -0.359. The molecular weight excluding hydrogens is 226 g/mol. The number of esters is 1. The second kappa shape index (κ2) is 4.76. The molecule has 1 aromatic rings. The van der Waals surface area contributed by atoms with Crippen molar-refractivity contribution in [3.05, 3.63) is 34.4 Å². The lowest BCUT2D eigenvalue weighted by atomic mass is 10.2. The first-order valence-electron chi connectivity index (χ1n) is 3.79. The number of hydrogen-bond donors (Lipinski definition) is 0. The number of carbonyl (C=O) groups is 1. The van der Waals surface area contributed by atoms with Gasteiger partial charge in [0.05, 0.1) is 17.7 Å². The summed E-state index contributed by atoms with van der Waals surface area (Å²) in [5, 5.41) is -0.0645. The third-order valence-corrected chi connectivity index (χ3v) is 1.83. The number of ether oxygens (including phenoxy) is 1. The summed E-state index contributed by atoms with van der Waals surface area (Å²) in [6.07, 6.45) is 0. The number of carbonyl (C=O) groups excluding carboxylic acids is 1. The highest BCUT2D eigenvalue weighted by molar-refractivity contribution is 6.31. The van der Waals surface area contributed by atoms with E-state index in [1.54, 1.807) is 0 Å². The zero-order chi connectivity index (χ0) is 11.4. The zero-order valence-electron chi connectivity index (χ0n) is 7.61. The van der Waals surface area contributed by atoms with Crippen molar-refractivity contribution in [2.45, 2.75) is 0 Å². The molecule has 0 radical (unpaired) electrons. The van der Waals surface area contributed by atoms with Crippen LogP contribution in [0.2, 0.25) is 5.02 Å². The van der Waals surface area contributed by atoms with Crippen LogP contribution in [0, 0.1) is 23.5 Å². The Labute approximate surface area is 89.8 Å². The standard InChI is InChI=1S/C10H5ClF2O2/c1-15-9(14)5-2-6-7(11)3-4-8(12)10(6)13/h3-4H,1H3. The molecule has 1 aromatic carbocycles. The van der Waals surface area contributed by atoms with Crippen molar-refractivity contribution < 1.29 is 18.3 Å². The summed E-state index contributed by atoms with van der Waals surface area (Å²) in [6.45, 7) is 0. The largest absolute Gasteiger partial charge is 0.459 e. The van der Waals surface area contributed by atoms with Gasteiger partial charge in [-0.15, -0.1) is 0 Å².